The molecule has 0 radical (unpaired) electrons. The van der Waals surface area contributed by atoms with E-state index >= 15 is 0 Å². The summed E-state index contributed by atoms with van der Waals surface area (Å²) in [5.74, 6) is 7.03. The van der Waals surface area contributed by atoms with Crippen LogP contribution in [0, 0.1) is 5.92 Å². The smallest absolute Gasteiger partial charge is 0.286 e. The van der Waals surface area contributed by atoms with Gasteiger partial charge in [-0.1, -0.05) is 18.2 Å². The molecule has 8 heteroatoms. The minimum Gasteiger partial charge on any atom is -0.286 e. The van der Waals surface area contributed by atoms with Crippen LogP contribution < -0.4 is 10.9 Å². The first-order chi connectivity index (χ1) is 11.9. The molecule has 130 valence electrons. The number of aromatic nitrogens is 3. The maximum Gasteiger partial charge on any atom is 0.422 e. The van der Waals surface area contributed by atoms with Crippen LogP contribution in [0.4, 0.5) is 24.5 Å². The summed E-state index contributed by atoms with van der Waals surface area (Å²) in [5, 5.41) is 8.82. The highest BCUT2D eigenvalue weighted by atomic mass is 19.4. The molecular weight excluding hydrogens is 331 g/mol. The van der Waals surface area contributed by atoms with Crippen molar-refractivity contribution in [3.8, 4) is 0 Å². The Morgan fingerprint density at radius 1 is 1.12 bits per heavy atom. The Kier molecular flexibility index (Phi) is 3.64. The summed E-state index contributed by atoms with van der Waals surface area (Å²) in [6, 6.07) is 9.85. The van der Waals surface area contributed by atoms with Crippen molar-refractivity contribution in [3.05, 3.63) is 54.0 Å². The molecule has 0 saturated heterocycles. The fourth-order valence-corrected chi connectivity index (χ4v) is 2.91. The lowest BCUT2D eigenvalue weighted by molar-refractivity contribution is -0.136. The number of alkyl halides is 3. The van der Waals surface area contributed by atoms with Gasteiger partial charge in [0, 0.05) is 12.6 Å². The lowest BCUT2D eigenvalue weighted by atomic mass is 10.2. The molecular formula is C17H16F3N5. The monoisotopic (exact) mass is 347 g/mol. The summed E-state index contributed by atoms with van der Waals surface area (Å²) in [5.41, 5.74) is -0.797. The Morgan fingerprint density at radius 3 is 2.48 bits per heavy atom. The molecule has 0 spiro atoms. The van der Waals surface area contributed by atoms with Crippen LogP contribution in [-0.2, 0) is 12.6 Å². The first-order valence-corrected chi connectivity index (χ1v) is 7.99. The van der Waals surface area contributed by atoms with Gasteiger partial charge >= 0.3 is 6.18 Å². The molecule has 0 amide bonds. The Labute approximate surface area is 141 Å². The molecule has 5 nitrogen and oxygen atoms in total. The van der Waals surface area contributed by atoms with E-state index in [4.69, 9.17) is 5.84 Å². The molecule has 2 aromatic heterocycles. The van der Waals surface area contributed by atoms with Crippen LogP contribution in [0.5, 0.6) is 0 Å². The molecule has 2 N–H and O–H groups in total. The Balaban J connectivity index is 1.86. The molecule has 25 heavy (non-hydrogen) atoms. The zero-order chi connectivity index (χ0) is 17.6. The molecule has 2 heterocycles. The number of nitrogens with two attached hydrogens (primary N) is 1. The topological polar surface area (TPSA) is 59.5 Å². The van der Waals surface area contributed by atoms with E-state index in [0.717, 1.165) is 17.9 Å². The van der Waals surface area contributed by atoms with Crippen molar-refractivity contribution in [1.82, 2.24) is 14.6 Å². The van der Waals surface area contributed by atoms with Gasteiger partial charge in [-0.2, -0.15) is 13.2 Å². The Hall–Kier alpha value is -2.61. The fraction of sp³-hybridized carbons (Fsp3) is 0.294. The zero-order valence-electron chi connectivity index (χ0n) is 13.2. The van der Waals surface area contributed by atoms with E-state index in [2.05, 4.69) is 10.2 Å². The number of para-hydroxylation sites is 1. The van der Waals surface area contributed by atoms with E-state index in [-0.39, 0.29) is 11.3 Å². The van der Waals surface area contributed by atoms with Gasteiger partial charge in [0.2, 0.25) is 0 Å². The highest BCUT2D eigenvalue weighted by Crippen LogP contribution is 2.40. The van der Waals surface area contributed by atoms with Crippen LogP contribution in [0.1, 0.15) is 24.2 Å². The van der Waals surface area contributed by atoms with Crippen LogP contribution in [0.15, 0.2) is 42.6 Å². The quantitative estimate of drug-likeness (QED) is 0.577. The summed E-state index contributed by atoms with van der Waals surface area (Å²) >= 11 is 0. The van der Waals surface area contributed by atoms with Crippen molar-refractivity contribution in [2.45, 2.75) is 25.4 Å². The van der Waals surface area contributed by atoms with E-state index < -0.39 is 11.7 Å². The number of fused-ring (bicyclic) bond motifs is 1. The predicted molar refractivity (Wildman–Crippen MR) is 87.2 cm³/mol. The van der Waals surface area contributed by atoms with Gasteiger partial charge in [0.15, 0.2) is 5.65 Å². The van der Waals surface area contributed by atoms with Gasteiger partial charge in [-0.3, -0.25) is 9.41 Å². The van der Waals surface area contributed by atoms with Crippen LogP contribution >= 0.6 is 0 Å². The first kappa shape index (κ1) is 15.9. The number of hydrogen-bond acceptors (Lipinski definition) is 4. The van der Waals surface area contributed by atoms with Crippen LogP contribution in [-0.4, -0.2) is 14.6 Å². The number of hydrazine groups is 1. The standard InChI is InChI=1S/C17H16F3N5/c18-17(19,20)15-13(25(21)12-4-2-1-3-5-12)8-9-24-14(10-11-6-7-11)22-23-16(15)24/h1-5,8-9,11H,6-7,10,21H2. The number of benzene rings is 1. The van der Waals surface area contributed by atoms with Gasteiger partial charge in [0.1, 0.15) is 11.4 Å². The molecule has 4 rings (SSSR count). The molecule has 1 saturated carbocycles. The van der Waals surface area contributed by atoms with Gasteiger partial charge in [-0.25, -0.2) is 5.84 Å². The van der Waals surface area contributed by atoms with Gasteiger partial charge in [0.25, 0.3) is 0 Å². The molecule has 0 bridgehead atoms. The summed E-state index contributed by atoms with van der Waals surface area (Å²) in [7, 11) is 0. The van der Waals surface area contributed by atoms with Crippen molar-refractivity contribution in [1.29, 1.82) is 0 Å². The van der Waals surface area contributed by atoms with E-state index in [1.54, 1.807) is 36.5 Å². The van der Waals surface area contributed by atoms with E-state index in [1.807, 2.05) is 0 Å². The van der Waals surface area contributed by atoms with E-state index in [0.29, 0.717) is 23.9 Å². The maximum absolute atomic E-state index is 13.8. The number of hydrogen-bond donors (Lipinski definition) is 1. The van der Waals surface area contributed by atoms with Crippen LogP contribution in [0.25, 0.3) is 5.65 Å². The van der Waals surface area contributed by atoms with Crippen LogP contribution in [0.3, 0.4) is 0 Å². The molecule has 1 aliphatic carbocycles. The van der Waals surface area contributed by atoms with Crippen molar-refractivity contribution in [2.75, 3.05) is 5.01 Å². The van der Waals surface area contributed by atoms with E-state index in [1.165, 1.54) is 10.5 Å². The molecule has 0 aliphatic heterocycles. The maximum atomic E-state index is 13.8. The largest absolute Gasteiger partial charge is 0.422 e. The summed E-state index contributed by atoms with van der Waals surface area (Å²) < 4.78 is 42.7. The van der Waals surface area contributed by atoms with Gasteiger partial charge in [0.05, 0.1) is 11.4 Å². The van der Waals surface area contributed by atoms with Gasteiger partial charge in [-0.15, -0.1) is 10.2 Å². The third kappa shape index (κ3) is 2.93. The van der Waals surface area contributed by atoms with Gasteiger partial charge in [-0.05, 0) is 37.0 Å². The second-order valence-electron chi connectivity index (χ2n) is 6.24. The van der Waals surface area contributed by atoms with E-state index in [9.17, 15) is 13.2 Å². The Bertz CT molecular complexity index is 900. The average molecular weight is 347 g/mol. The summed E-state index contributed by atoms with van der Waals surface area (Å²) in [6.45, 7) is 0. The molecule has 1 aromatic carbocycles. The van der Waals surface area contributed by atoms with Crippen molar-refractivity contribution in [2.24, 2.45) is 11.8 Å². The number of anilines is 2. The second kappa shape index (κ2) is 5.73. The Morgan fingerprint density at radius 2 is 1.84 bits per heavy atom. The third-order valence-electron chi connectivity index (χ3n) is 4.37. The lowest BCUT2D eigenvalue weighted by Gasteiger charge is -2.23. The number of halogens is 3. The molecule has 1 aliphatic rings. The predicted octanol–water partition coefficient (Wildman–Crippen LogP) is 3.71. The first-order valence-electron chi connectivity index (χ1n) is 7.99. The SMILES string of the molecule is NN(c1ccccc1)c1ccn2c(CC3CC3)nnc2c1C(F)(F)F. The van der Waals surface area contributed by atoms with Crippen molar-refractivity contribution in [3.63, 3.8) is 0 Å². The minimum absolute atomic E-state index is 0.156. The average Bonchev–Trinajstić information content (AvgIpc) is 3.32. The van der Waals surface area contributed by atoms with Crippen molar-refractivity contribution >= 4 is 17.0 Å². The molecule has 0 unspecified atom stereocenters. The zero-order valence-corrected chi connectivity index (χ0v) is 13.2. The normalized spacial score (nSPS) is 14.9. The fourth-order valence-electron chi connectivity index (χ4n) is 2.91. The number of rotatable bonds is 4. The lowest BCUT2D eigenvalue weighted by Crippen LogP contribution is -2.28. The van der Waals surface area contributed by atoms with Gasteiger partial charge < -0.3 is 0 Å². The molecule has 3 aromatic rings. The minimum atomic E-state index is -4.60. The highest BCUT2D eigenvalue weighted by Gasteiger charge is 2.39. The number of nitrogens with zero attached hydrogens (tertiary/aromatic N) is 4. The summed E-state index contributed by atoms with van der Waals surface area (Å²) in [4.78, 5) is 0. The van der Waals surface area contributed by atoms with Crippen molar-refractivity contribution < 1.29 is 13.2 Å². The summed E-state index contributed by atoms with van der Waals surface area (Å²) in [6.07, 6.45) is -0.231. The molecule has 1 fully saturated rings. The van der Waals surface area contributed by atoms with Crippen LogP contribution in [0.2, 0.25) is 0 Å². The molecule has 0 atom stereocenters. The third-order valence-corrected chi connectivity index (χ3v) is 4.37. The second-order valence-corrected chi connectivity index (χ2v) is 6.24. The highest BCUT2D eigenvalue weighted by molar-refractivity contribution is 5.72. The number of pyridine rings is 1.